The third kappa shape index (κ3) is 7.80. The summed E-state index contributed by atoms with van der Waals surface area (Å²) in [5, 5.41) is 12.0. The fourth-order valence-electron chi connectivity index (χ4n) is 5.21. The Morgan fingerprint density at radius 1 is 0.951 bits per heavy atom. The predicted octanol–water partition coefficient (Wildman–Crippen LogP) is 6.52. The van der Waals surface area contributed by atoms with Crippen molar-refractivity contribution in [3.8, 4) is 0 Å². The number of nitrogens with zero attached hydrogens (tertiary/aromatic N) is 2. The molecule has 0 aromatic heterocycles. The zero-order valence-corrected chi connectivity index (χ0v) is 22.9. The van der Waals surface area contributed by atoms with Gasteiger partial charge in [0.1, 0.15) is 11.9 Å². The second-order valence-corrected chi connectivity index (χ2v) is 11.2. The van der Waals surface area contributed by atoms with Gasteiger partial charge in [-0.05, 0) is 70.9 Å². The van der Waals surface area contributed by atoms with Gasteiger partial charge >= 0.3 is 12.4 Å². The van der Waals surface area contributed by atoms with Gasteiger partial charge in [0.05, 0.1) is 23.6 Å². The van der Waals surface area contributed by atoms with Crippen molar-refractivity contribution in [3.05, 3.63) is 76.1 Å². The van der Waals surface area contributed by atoms with Crippen LogP contribution >= 0.6 is 0 Å². The van der Waals surface area contributed by atoms with Crippen LogP contribution in [0.15, 0.2) is 48.0 Å². The molecular formula is C29H30F7N2O3-. The van der Waals surface area contributed by atoms with Crippen LogP contribution in [-0.2, 0) is 23.7 Å². The molecule has 0 aliphatic carbocycles. The summed E-state index contributed by atoms with van der Waals surface area (Å²) in [5.74, 6) is -1.18. The van der Waals surface area contributed by atoms with Crippen molar-refractivity contribution < 1.29 is 45.4 Å². The van der Waals surface area contributed by atoms with Crippen molar-refractivity contribution in [2.45, 2.75) is 65.0 Å². The minimum absolute atomic E-state index is 0.0150. The van der Waals surface area contributed by atoms with Crippen molar-refractivity contribution in [2.75, 3.05) is 13.6 Å². The lowest BCUT2D eigenvalue weighted by molar-refractivity contribution is -0.269. The van der Waals surface area contributed by atoms with Crippen molar-refractivity contribution in [1.29, 1.82) is 0 Å². The number of carboxylic acid groups (broad SMARTS) is 1. The second kappa shape index (κ2) is 11.7. The maximum Gasteiger partial charge on any atom is 0.416 e. The van der Waals surface area contributed by atoms with Crippen LogP contribution in [-0.4, -0.2) is 41.4 Å². The highest BCUT2D eigenvalue weighted by Gasteiger charge is 2.39. The van der Waals surface area contributed by atoms with Crippen LogP contribution in [0.1, 0.15) is 62.3 Å². The van der Waals surface area contributed by atoms with Crippen LogP contribution in [0.2, 0.25) is 0 Å². The number of alkyl halides is 6. The van der Waals surface area contributed by atoms with Crippen molar-refractivity contribution in [1.82, 2.24) is 9.80 Å². The number of hydrogen-bond donors (Lipinski definition) is 0. The fraction of sp³-hybridized carbons (Fsp3) is 0.448. The van der Waals surface area contributed by atoms with Gasteiger partial charge in [-0.1, -0.05) is 32.9 Å². The first kappa shape index (κ1) is 32.0. The molecule has 0 N–H and O–H groups in total. The Bertz CT molecular complexity index is 1280. The van der Waals surface area contributed by atoms with Gasteiger partial charge in [-0.25, -0.2) is 4.39 Å². The third-order valence-corrected chi connectivity index (χ3v) is 6.94. The Morgan fingerprint density at radius 2 is 1.49 bits per heavy atom. The van der Waals surface area contributed by atoms with Gasteiger partial charge in [0.25, 0.3) is 0 Å². The van der Waals surface area contributed by atoms with Gasteiger partial charge in [-0.15, -0.1) is 0 Å². The van der Waals surface area contributed by atoms with Crippen molar-refractivity contribution in [2.24, 2.45) is 5.41 Å². The number of carbonyl (C=O) groups is 2. The molecule has 1 aliphatic rings. The topological polar surface area (TPSA) is 63.7 Å². The maximum atomic E-state index is 13.7. The normalized spacial score (nSPS) is 17.8. The Morgan fingerprint density at radius 3 is 1.95 bits per heavy atom. The minimum Gasteiger partial charge on any atom is -0.530 e. The molecule has 2 aromatic carbocycles. The zero-order chi connectivity index (χ0) is 30.9. The maximum absolute atomic E-state index is 13.7. The number of likely N-dealkylation sites (tertiary alicyclic amines) is 1. The van der Waals surface area contributed by atoms with Gasteiger partial charge in [0.2, 0.25) is 5.91 Å². The largest absolute Gasteiger partial charge is 0.530 e. The molecule has 0 spiro atoms. The van der Waals surface area contributed by atoms with Gasteiger partial charge in [0.15, 0.2) is 0 Å². The molecule has 5 nitrogen and oxygen atoms in total. The molecule has 1 atom stereocenters. The number of halogens is 7. The number of hydrogen-bond acceptors (Lipinski definition) is 3. The average Bonchev–Trinajstić information content (AvgIpc) is 2.85. The molecule has 224 valence electrons. The first-order valence-electron chi connectivity index (χ1n) is 12.8. The molecule has 0 saturated carbocycles. The molecular weight excluding hydrogens is 557 g/mol. The standard InChI is InChI=1S/C29H31F7N2O3/c1-27(2,3)25-22(6-5-11-38(25)26(40)41)23(18-7-9-21(30)10-8-18)15-24(39)37(4)16-17-12-19(28(31,32)33)14-20(13-17)29(34,35)36/h7-10,12-14,25H,5-6,11,15-16H2,1-4H3,(H,40,41)/p-1. The van der Waals surface area contributed by atoms with E-state index in [9.17, 15) is 45.4 Å². The third-order valence-electron chi connectivity index (χ3n) is 6.94. The summed E-state index contributed by atoms with van der Waals surface area (Å²) >= 11 is 0. The highest BCUT2D eigenvalue weighted by Crippen LogP contribution is 2.41. The smallest absolute Gasteiger partial charge is 0.416 e. The minimum atomic E-state index is -5.04. The first-order valence-corrected chi connectivity index (χ1v) is 12.8. The van der Waals surface area contributed by atoms with E-state index in [1.807, 2.05) is 20.8 Å². The van der Waals surface area contributed by atoms with Gasteiger partial charge in [0, 0.05) is 20.1 Å². The molecule has 1 aliphatic heterocycles. The molecule has 1 heterocycles. The summed E-state index contributed by atoms with van der Waals surface area (Å²) in [7, 11) is 1.25. The van der Waals surface area contributed by atoms with E-state index in [2.05, 4.69) is 0 Å². The number of piperidine rings is 1. The van der Waals surface area contributed by atoms with E-state index in [0.29, 0.717) is 41.7 Å². The predicted molar refractivity (Wildman–Crippen MR) is 135 cm³/mol. The number of carbonyl (C=O) groups excluding carboxylic acids is 2. The molecule has 12 heteroatoms. The van der Waals surface area contributed by atoms with Crippen LogP contribution < -0.4 is 5.11 Å². The molecule has 41 heavy (non-hydrogen) atoms. The monoisotopic (exact) mass is 587 g/mol. The van der Waals surface area contributed by atoms with Crippen LogP contribution in [0.4, 0.5) is 35.5 Å². The van der Waals surface area contributed by atoms with Crippen LogP contribution in [0.25, 0.3) is 5.57 Å². The summed E-state index contributed by atoms with van der Waals surface area (Å²) < 4.78 is 93.6. The van der Waals surface area contributed by atoms with E-state index < -0.39 is 59.3 Å². The second-order valence-electron chi connectivity index (χ2n) is 11.2. The quantitative estimate of drug-likeness (QED) is 0.375. The molecule has 0 bridgehead atoms. The molecule has 2 amide bonds. The van der Waals surface area contributed by atoms with Gasteiger partial charge < -0.3 is 19.7 Å². The van der Waals surface area contributed by atoms with E-state index in [1.165, 1.54) is 36.2 Å². The lowest BCUT2D eigenvalue weighted by atomic mass is 9.74. The molecule has 3 rings (SSSR count). The van der Waals surface area contributed by atoms with E-state index in [1.54, 1.807) is 0 Å². The summed E-state index contributed by atoms with van der Waals surface area (Å²) in [6.45, 7) is 5.12. The SMILES string of the molecule is CN(Cc1cc(C(F)(F)F)cc(C(F)(F)F)c1)C(=O)CC(=C1CCCN(C(=O)[O-])C1C(C)(C)C)c1ccc(F)cc1. The average molecular weight is 588 g/mol. The van der Waals surface area contributed by atoms with Crippen LogP contribution in [0.5, 0.6) is 0 Å². The van der Waals surface area contributed by atoms with Crippen molar-refractivity contribution >= 4 is 17.6 Å². The van der Waals surface area contributed by atoms with Crippen LogP contribution in [0, 0.1) is 11.2 Å². The number of amides is 2. The van der Waals surface area contributed by atoms with Crippen LogP contribution in [0.3, 0.4) is 0 Å². The zero-order valence-electron chi connectivity index (χ0n) is 22.9. The Kier molecular flexibility index (Phi) is 9.14. The Balaban J connectivity index is 2.04. The highest BCUT2D eigenvalue weighted by molar-refractivity contribution is 5.90. The lowest BCUT2D eigenvalue weighted by Crippen LogP contribution is -2.55. The van der Waals surface area contributed by atoms with Gasteiger partial charge in [-0.3, -0.25) is 4.79 Å². The first-order chi connectivity index (χ1) is 18.8. The summed E-state index contributed by atoms with van der Waals surface area (Å²) in [4.78, 5) is 27.6. The Hall–Kier alpha value is -3.57. The summed E-state index contributed by atoms with van der Waals surface area (Å²) in [5.41, 5.74) is -2.53. The number of benzene rings is 2. The van der Waals surface area contributed by atoms with E-state index >= 15 is 0 Å². The van der Waals surface area contributed by atoms with Gasteiger partial charge in [-0.2, -0.15) is 26.3 Å². The van der Waals surface area contributed by atoms with E-state index in [4.69, 9.17) is 0 Å². The lowest BCUT2D eigenvalue weighted by Gasteiger charge is -2.47. The molecule has 1 saturated heterocycles. The number of rotatable bonds is 5. The van der Waals surface area contributed by atoms with E-state index in [-0.39, 0.29) is 24.6 Å². The van der Waals surface area contributed by atoms with Crippen molar-refractivity contribution in [3.63, 3.8) is 0 Å². The molecule has 1 fully saturated rings. The molecule has 2 aromatic rings. The molecule has 1 unspecified atom stereocenters. The molecule has 0 radical (unpaired) electrons. The van der Waals surface area contributed by atoms with E-state index in [0.717, 1.165) is 4.90 Å². The summed E-state index contributed by atoms with van der Waals surface area (Å²) in [6.07, 6.45) is -11.0. The summed E-state index contributed by atoms with van der Waals surface area (Å²) in [6, 6.07) is 5.67. The Labute approximate surface area is 233 Å². The fourth-order valence-corrected chi connectivity index (χ4v) is 5.21. The highest BCUT2D eigenvalue weighted by atomic mass is 19.4.